The highest BCUT2D eigenvalue weighted by Crippen LogP contribution is 2.40. The van der Waals surface area contributed by atoms with Crippen LogP contribution in [0.1, 0.15) is 96.4 Å². The van der Waals surface area contributed by atoms with Gasteiger partial charge >= 0.3 is 5.97 Å². The number of epoxide rings is 1. The lowest BCUT2D eigenvalue weighted by Crippen LogP contribution is -2.25. The van der Waals surface area contributed by atoms with Crippen molar-refractivity contribution in [2.24, 2.45) is 0 Å². The molecule has 0 aromatic heterocycles. The van der Waals surface area contributed by atoms with Crippen molar-refractivity contribution in [3.63, 3.8) is 0 Å². The number of methoxy groups -OCH3 is 1. The molecule has 2 aromatic carbocycles. The predicted molar refractivity (Wildman–Crippen MR) is 124 cm³/mol. The number of benzene rings is 2. The van der Waals surface area contributed by atoms with E-state index in [1.54, 1.807) is 25.3 Å². The van der Waals surface area contributed by atoms with Gasteiger partial charge in [-0.1, -0.05) is 18.2 Å². The summed E-state index contributed by atoms with van der Waals surface area (Å²) in [6.45, 7) is 0.565. The van der Waals surface area contributed by atoms with Crippen molar-refractivity contribution < 1.29 is 32.2 Å². The van der Waals surface area contributed by atoms with Crippen LogP contribution in [0.3, 0.4) is 0 Å². The third kappa shape index (κ3) is 5.26. The highest BCUT2D eigenvalue weighted by molar-refractivity contribution is 5.89. The van der Waals surface area contributed by atoms with Crippen molar-refractivity contribution in [3.8, 4) is 0 Å². The van der Waals surface area contributed by atoms with Crippen LogP contribution in [0.5, 0.6) is 0 Å². The van der Waals surface area contributed by atoms with Gasteiger partial charge in [-0.2, -0.15) is 0 Å². The van der Waals surface area contributed by atoms with Gasteiger partial charge in [-0.3, -0.25) is 0 Å². The molecule has 1 unspecified atom stereocenters. The zero-order valence-electron chi connectivity index (χ0n) is 19.9. The average Bonchev–Trinajstić information content (AvgIpc) is 3.72. The molecule has 7 heteroatoms. The zero-order valence-corrected chi connectivity index (χ0v) is 19.9. The minimum absolute atomic E-state index is 0.0198. The van der Waals surface area contributed by atoms with Gasteiger partial charge in [0.05, 0.1) is 18.3 Å². The van der Waals surface area contributed by atoms with E-state index in [4.69, 9.17) is 14.2 Å². The molecule has 1 saturated heterocycles. The van der Waals surface area contributed by atoms with Gasteiger partial charge < -0.3 is 14.2 Å². The topological polar surface area (TPSA) is 48.1 Å². The second kappa shape index (κ2) is 10.3. The van der Waals surface area contributed by atoms with Crippen LogP contribution in [0, 0.1) is 17.5 Å². The molecule has 0 N–H and O–H groups in total. The number of ether oxygens (including phenoxy) is 3. The Bertz CT molecular complexity index is 1070. The molecule has 3 fully saturated rings. The number of hydrogen-bond donors (Lipinski definition) is 0. The smallest absolute Gasteiger partial charge is 0.341 e. The molecule has 1 aliphatic heterocycles. The maximum Gasteiger partial charge on any atom is 0.341 e. The minimum atomic E-state index is -0.751. The van der Waals surface area contributed by atoms with Gasteiger partial charge in [0.2, 0.25) is 0 Å². The van der Waals surface area contributed by atoms with Crippen molar-refractivity contribution in [2.45, 2.75) is 81.5 Å². The summed E-state index contributed by atoms with van der Waals surface area (Å²) in [6.07, 6.45) is 5.25. The molecule has 2 aromatic rings. The highest BCUT2D eigenvalue weighted by atomic mass is 19.2. The molecule has 1 atom stereocenters. The number of esters is 1. The summed E-state index contributed by atoms with van der Waals surface area (Å²) in [5.41, 5.74) is 1.47. The monoisotopic (exact) mass is 488 g/mol. The second-order valence-electron chi connectivity index (χ2n) is 10.0. The Kier molecular flexibility index (Phi) is 7.17. The van der Waals surface area contributed by atoms with Crippen LogP contribution in [-0.2, 0) is 14.2 Å². The number of halogens is 3. The van der Waals surface area contributed by atoms with Crippen LogP contribution in [0.15, 0.2) is 30.3 Å². The lowest BCUT2D eigenvalue weighted by molar-refractivity contribution is 0.0189. The second-order valence-corrected chi connectivity index (χ2v) is 10.0. The van der Waals surface area contributed by atoms with E-state index in [9.17, 15) is 9.18 Å². The quantitative estimate of drug-likeness (QED) is 0.334. The van der Waals surface area contributed by atoms with Crippen molar-refractivity contribution in [1.29, 1.82) is 0 Å². The minimum Gasteiger partial charge on any atom is -0.459 e. The van der Waals surface area contributed by atoms with E-state index in [1.807, 2.05) is 0 Å². The predicted octanol–water partition coefficient (Wildman–Crippen LogP) is 6.73. The van der Waals surface area contributed by atoms with Gasteiger partial charge in [0.1, 0.15) is 18.0 Å². The Morgan fingerprint density at radius 2 is 1.37 bits per heavy atom. The van der Waals surface area contributed by atoms with Gasteiger partial charge in [-0.25, -0.2) is 18.0 Å². The highest BCUT2D eigenvalue weighted by Gasteiger charge is 2.31. The van der Waals surface area contributed by atoms with E-state index >= 15 is 8.78 Å². The first-order valence-electron chi connectivity index (χ1n) is 12.6. The summed E-state index contributed by atoms with van der Waals surface area (Å²) in [7, 11) is 1.69. The van der Waals surface area contributed by atoms with Crippen molar-refractivity contribution >= 4 is 5.97 Å². The van der Waals surface area contributed by atoms with Crippen LogP contribution in [0.2, 0.25) is 0 Å². The van der Waals surface area contributed by atoms with Gasteiger partial charge in [0, 0.05) is 7.11 Å². The fourth-order valence-corrected chi connectivity index (χ4v) is 5.66. The summed E-state index contributed by atoms with van der Waals surface area (Å²) in [4.78, 5) is 12.5. The molecule has 35 heavy (non-hydrogen) atoms. The summed E-state index contributed by atoms with van der Waals surface area (Å²) in [5, 5.41) is 0. The normalized spacial score (nSPS) is 28.5. The van der Waals surface area contributed by atoms with Crippen LogP contribution in [-0.4, -0.2) is 31.9 Å². The molecule has 2 aliphatic carbocycles. The van der Waals surface area contributed by atoms with Crippen LogP contribution in [0.4, 0.5) is 13.2 Å². The fraction of sp³-hybridized carbons (Fsp3) is 0.536. The SMILES string of the molecule is COC1CCC(c2ccc(C3CCC(OC(=O)c4ccc(C5CO5)cc4F)CC3)c(F)c2F)CC1. The Morgan fingerprint density at radius 1 is 0.829 bits per heavy atom. The molecule has 4 nitrogen and oxygen atoms in total. The summed E-state index contributed by atoms with van der Waals surface area (Å²) in [5.74, 6) is -2.91. The van der Waals surface area contributed by atoms with Gasteiger partial charge in [0.25, 0.3) is 0 Å². The first-order chi connectivity index (χ1) is 16.9. The van der Waals surface area contributed by atoms with Crippen molar-refractivity contribution in [1.82, 2.24) is 0 Å². The summed E-state index contributed by atoms with van der Waals surface area (Å²) >= 11 is 0. The Morgan fingerprint density at radius 3 is 1.86 bits per heavy atom. The van der Waals surface area contributed by atoms with Crippen LogP contribution >= 0.6 is 0 Å². The van der Waals surface area contributed by atoms with E-state index in [0.29, 0.717) is 49.0 Å². The zero-order chi connectivity index (χ0) is 24.5. The third-order valence-corrected chi connectivity index (χ3v) is 7.90. The van der Waals surface area contributed by atoms with E-state index in [0.717, 1.165) is 25.7 Å². The van der Waals surface area contributed by atoms with Crippen molar-refractivity contribution in [2.75, 3.05) is 13.7 Å². The molecule has 3 aliphatic rings. The number of hydrogen-bond acceptors (Lipinski definition) is 4. The maximum atomic E-state index is 15.1. The molecule has 0 spiro atoms. The van der Waals surface area contributed by atoms with E-state index in [1.165, 1.54) is 12.1 Å². The Hall–Kier alpha value is -2.38. The lowest BCUT2D eigenvalue weighted by Gasteiger charge is -2.30. The number of carbonyl (C=O) groups excluding carboxylic acids is 1. The van der Waals surface area contributed by atoms with Gasteiger partial charge in [-0.05, 0) is 92.0 Å². The van der Waals surface area contributed by atoms with Gasteiger partial charge in [-0.15, -0.1) is 0 Å². The van der Waals surface area contributed by atoms with E-state index in [2.05, 4.69) is 0 Å². The molecule has 0 bridgehead atoms. The van der Waals surface area contributed by atoms with E-state index in [-0.39, 0.29) is 35.7 Å². The number of rotatable bonds is 6. The summed E-state index contributed by atoms with van der Waals surface area (Å²) in [6, 6.07) is 7.90. The van der Waals surface area contributed by atoms with Gasteiger partial charge in [0.15, 0.2) is 11.6 Å². The Balaban J connectivity index is 1.18. The van der Waals surface area contributed by atoms with Crippen LogP contribution < -0.4 is 0 Å². The maximum absolute atomic E-state index is 15.1. The Labute approximate surface area is 203 Å². The third-order valence-electron chi connectivity index (χ3n) is 7.90. The number of carbonyl (C=O) groups is 1. The largest absolute Gasteiger partial charge is 0.459 e. The first kappa shape index (κ1) is 24.3. The molecule has 188 valence electrons. The molecule has 0 radical (unpaired) electrons. The van der Waals surface area contributed by atoms with Crippen LogP contribution in [0.25, 0.3) is 0 Å². The average molecular weight is 489 g/mol. The molecule has 5 rings (SSSR count). The molecule has 1 heterocycles. The molecular formula is C28H31F3O4. The molecule has 0 amide bonds. The molecule has 2 saturated carbocycles. The summed E-state index contributed by atoms with van der Waals surface area (Å²) < 4.78 is 60.5. The first-order valence-corrected chi connectivity index (χ1v) is 12.6. The molecular weight excluding hydrogens is 457 g/mol. The van der Waals surface area contributed by atoms with E-state index < -0.39 is 23.4 Å². The lowest BCUT2D eigenvalue weighted by atomic mass is 9.79. The standard InChI is InChI=1S/C28H31F3O4/c1-33-19-7-2-16(3-8-19)21-12-13-22(27(31)26(21)30)17-4-9-20(10-5-17)35-28(32)23-11-6-18(14-24(23)29)25-15-34-25/h6,11-14,16-17,19-20,25H,2-5,7-10,15H2,1H3. The van der Waals surface area contributed by atoms with Crippen molar-refractivity contribution in [3.05, 3.63) is 70.0 Å². The fourth-order valence-electron chi connectivity index (χ4n) is 5.66.